The monoisotopic (exact) mass is 326 g/mol. The molecule has 0 heterocycles. The van der Waals surface area contributed by atoms with Crippen molar-refractivity contribution in [3.8, 4) is 0 Å². The van der Waals surface area contributed by atoms with Crippen molar-refractivity contribution < 1.29 is 9.53 Å². The van der Waals surface area contributed by atoms with Crippen LogP contribution in [-0.4, -0.2) is 12.6 Å². The molecule has 0 saturated carbocycles. The maximum Gasteiger partial charge on any atom is 0.308 e. The summed E-state index contributed by atoms with van der Waals surface area (Å²) in [7, 11) is 0. The number of unbranched alkanes of at least 4 members (excludes halogenated alkanes) is 10. The zero-order valence-corrected chi connectivity index (χ0v) is 16.2. The van der Waals surface area contributed by atoms with Gasteiger partial charge in [0.1, 0.15) is 0 Å². The predicted octanol–water partition coefficient (Wildman–Crippen LogP) is 7.06. The van der Waals surface area contributed by atoms with Gasteiger partial charge in [0, 0.05) is 0 Å². The second kappa shape index (κ2) is 17.8. The Bertz CT molecular complexity index is 250. The minimum Gasteiger partial charge on any atom is -0.465 e. The molecule has 0 aromatic heterocycles. The Labute approximate surface area is 145 Å². The number of rotatable bonds is 17. The number of esters is 1. The molecule has 0 spiro atoms. The van der Waals surface area contributed by atoms with E-state index in [9.17, 15) is 4.79 Å². The molecule has 0 aliphatic heterocycles. The van der Waals surface area contributed by atoms with Gasteiger partial charge in [-0.2, -0.15) is 0 Å². The van der Waals surface area contributed by atoms with Crippen LogP contribution in [0.3, 0.4) is 0 Å². The maximum atomic E-state index is 12.3. The van der Waals surface area contributed by atoms with Crippen molar-refractivity contribution in [2.75, 3.05) is 6.61 Å². The van der Waals surface area contributed by atoms with E-state index < -0.39 is 0 Å². The average Bonchev–Trinajstić information content (AvgIpc) is 2.56. The van der Waals surface area contributed by atoms with Crippen LogP contribution in [0.15, 0.2) is 0 Å². The number of carbonyl (C=O) groups excluding carboxylic acids is 1. The minimum atomic E-state index is 0.0718. The Balaban J connectivity index is 3.81. The van der Waals surface area contributed by atoms with Crippen molar-refractivity contribution in [3.63, 3.8) is 0 Å². The van der Waals surface area contributed by atoms with Gasteiger partial charge in [-0.05, 0) is 19.3 Å². The first kappa shape index (κ1) is 22.5. The van der Waals surface area contributed by atoms with Crippen LogP contribution in [0.25, 0.3) is 0 Å². The molecule has 0 amide bonds. The molecule has 0 fully saturated rings. The zero-order chi connectivity index (χ0) is 17.2. The second-order valence-electron chi connectivity index (χ2n) is 6.98. The molecule has 0 aliphatic rings. The Kier molecular flexibility index (Phi) is 17.4. The summed E-state index contributed by atoms with van der Waals surface area (Å²) in [5.41, 5.74) is 0. The fraction of sp³-hybridized carbons (Fsp3) is 0.952. The van der Waals surface area contributed by atoms with Crippen molar-refractivity contribution in [1.82, 2.24) is 0 Å². The number of hydrogen-bond donors (Lipinski definition) is 0. The van der Waals surface area contributed by atoms with Gasteiger partial charge in [-0.3, -0.25) is 4.79 Å². The summed E-state index contributed by atoms with van der Waals surface area (Å²) in [6.45, 7) is 7.30. The van der Waals surface area contributed by atoms with E-state index in [1.807, 2.05) is 0 Å². The first-order chi connectivity index (χ1) is 11.3. The zero-order valence-electron chi connectivity index (χ0n) is 16.2. The van der Waals surface area contributed by atoms with Crippen LogP contribution in [0.5, 0.6) is 0 Å². The lowest BCUT2D eigenvalue weighted by Crippen LogP contribution is -2.18. The van der Waals surface area contributed by atoms with Crippen molar-refractivity contribution in [2.24, 2.45) is 5.92 Å². The molecule has 0 aromatic rings. The van der Waals surface area contributed by atoms with Gasteiger partial charge >= 0.3 is 5.97 Å². The van der Waals surface area contributed by atoms with Gasteiger partial charge in [-0.15, -0.1) is 0 Å². The summed E-state index contributed by atoms with van der Waals surface area (Å²) >= 11 is 0. The van der Waals surface area contributed by atoms with Crippen LogP contribution in [0.2, 0.25) is 0 Å². The summed E-state index contributed by atoms with van der Waals surface area (Å²) in [4.78, 5) is 12.3. The molecule has 2 nitrogen and oxygen atoms in total. The van der Waals surface area contributed by atoms with Gasteiger partial charge in [-0.25, -0.2) is 0 Å². The van der Waals surface area contributed by atoms with Crippen molar-refractivity contribution >= 4 is 5.97 Å². The topological polar surface area (TPSA) is 26.3 Å². The molecule has 2 heteroatoms. The Morgan fingerprint density at radius 3 is 1.74 bits per heavy atom. The summed E-state index contributed by atoms with van der Waals surface area (Å²) in [6, 6.07) is 0. The van der Waals surface area contributed by atoms with Crippen LogP contribution in [0, 0.1) is 5.92 Å². The highest BCUT2D eigenvalue weighted by Crippen LogP contribution is 2.19. The summed E-state index contributed by atoms with van der Waals surface area (Å²) < 4.78 is 5.55. The lowest BCUT2D eigenvalue weighted by atomic mass is 9.95. The summed E-state index contributed by atoms with van der Waals surface area (Å²) in [5, 5.41) is 0. The molecule has 0 saturated heterocycles. The molecular formula is C21H42O2. The van der Waals surface area contributed by atoms with E-state index in [1.165, 1.54) is 64.2 Å². The van der Waals surface area contributed by atoms with Crippen LogP contribution in [0.4, 0.5) is 0 Å². The Hall–Kier alpha value is -0.530. The van der Waals surface area contributed by atoms with Crippen LogP contribution >= 0.6 is 0 Å². The highest BCUT2D eigenvalue weighted by atomic mass is 16.5. The van der Waals surface area contributed by atoms with E-state index in [4.69, 9.17) is 4.74 Å². The Morgan fingerprint density at radius 2 is 1.13 bits per heavy atom. The van der Waals surface area contributed by atoms with Crippen LogP contribution in [-0.2, 0) is 9.53 Å². The molecule has 0 bridgehead atoms. The molecule has 0 N–H and O–H groups in total. The maximum absolute atomic E-state index is 12.3. The molecule has 1 atom stereocenters. The lowest BCUT2D eigenvalue weighted by molar-refractivity contribution is -0.149. The number of carbonyl (C=O) groups is 1. The lowest BCUT2D eigenvalue weighted by Gasteiger charge is -2.15. The van der Waals surface area contributed by atoms with Crippen LogP contribution in [0.1, 0.15) is 117 Å². The quantitative estimate of drug-likeness (QED) is 0.211. The molecule has 0 aromatic carbocycles. The standard InChI is InChI=1S/C21H42O2/c1-4-7-10-12-14-16-19-23-21(22)20(17-9-6-3)18-15-13-11-8-5-2/h20H,4-19H2,1-3H3. The fourth-order valence-electron chi connectivity index (χ4n) is 3.00. The normalized spacial score (nSPS) is 12.3. The molecular weight excluding hydrogens is 284 g/mol. The minimum absolute atomic E-state index is 0.0718. The van der Waals surface area contributed by atoms with E-state index in [0.29, 0.717) is 6.61 Å². The van der Waals surface area contributed by atoms with Crippen molar-refractivity contribution in [3.05, 3.63) is 0 Å². The highest BCUT2D eigenvalue weighted by Gasteiger charge is 2.18. The van der Waals surface area contributed by atoms with E-state index in [2.05, 4.69) is 20.8 Å². The van der Waals surface area contributed by atoms with E-state index in [-0.39, 0.29) is 11.9 Å². The van der Waals surface area contributed by atoms with E-state index >= 15 is 0 Å². The average molecular weight is 327 g/mol. The molecule has 23 heavy (non-hydrogen) atoms. The first-order valence-corrected chi connectivity index (χ1v) is 10.4. The third-order valence-corrected chi connectivity index (χ3v) is 4.64. The van der Waals surface area contributed by atoms with Gasteiger partial charge in [-0.1, -0.05) is 97.8 Å². The van der Waals surface area contributed by atoms with Gasteiger partial charge in [0.05, 0.1) is 12.5 Å². The van der Waals surface area contributed by atoms with E-state index in [0.717, 1.165) is 32.1 Å². The van der Waals surface area contributed by atoms with Crippen molar-refractivity contribution in [2.45, 2.75) is 117 Å². The van der Waals surface area contributed by atoms with Gasteiger partial charge in [0.2, 0.25) is 0 Å². The fourth-order valence-corrected chi connectivity index (χ4v) is 3.00. The molecule has 0 rings (SSSR count). The smallest absolute Gasteiger partial charge is 0.308 e. The third kappa shape index (κ3) is 14.8. The Morgan fingerprint density at radius 1 is 0.652 bits per heavy atom. The second-order valence-corrected chi connectivity index (χ2v) is 6.98. The van der Waals surface area contributed by atoms with Gasteiger partial charge < -0.3 is 4.74 Å². The van der Waals surface area contributed by atoms with Crippen LogP contribution < -0.4 is 0 Å². The van der Waals surface area contributed by atoms with Gasteiger partial charge in [0.25, 0.3) is 0 Å². The molecule has 1 unspecified atom stereocenters. The first-order valence-electron chi connectivity index (χ1n) is 10.4. The third-order valence-electron chi connectivity index (χ3n) is 4.64. The summed E-state index contributed by atoms with van der Waals surface area (Å²) in [5.74, 6) is 0.221. The van der Waals surface area contributed by atoms with Crippen molar-refractivity contribution in [1.29, 1.82) is 0 Å². The molecule has 0 radical (unpaired) electrons. The molecule has 138 valence electrons. The largest absolute Gasteiger partial charge is 0.465 e. The van der Waals surface area contributed by atoms with Gasteiger partial charge in [0.15, 0.2) is 0 Å². The number of hydrogen-bond acceptors (Lipinski definition) is 2. The molecule has 0 aliphatic carbocycles. The predicted molar refractivity (Wildman–Crippen MR) is 101 cm³/mol. The summed E-state index contributed by atoms with van der Waals surface area (Å²) in [6.07, 6.45) is 18.2. The number of ether oxygens (including phenoxy) is 1. The highest BCUT2D eigenvalue weighted by molar-refractivity contribution is 5.72. The van der Waals surface area contributed by atoms with E-state index in [1.54, 1.807) is 0 Å². The SMILES string of the molecule is CCCCCCCCOC(=O)C(CCCC)CCCCCCC.